The Kier molecular flexibility index (Phi) is 9.28. The molecule has 0 radical (unpaired) electrons. The van der Waals surface area contributed by atoms with Gasteiger partial charge in [0.05, 0.1) is 36.6 Å². The van der Waals surface area contributed by atoms with Crippen LogP contribution in [0.5, 0.6) is 5.75 Å². The van der Waals surface area contributed by atoms with E-state index in [9.17, 15) is 26.0 Å². The Morgan fingerprint density at radius 3 is 2.33 bits per heavy atom. The summed E-state index contributed by atoms with van der Waals surface area (Å²) in [5, 5.41) is 2.62. The van der Waals surface area contributed by atoms with Crippen molar-refractivity contribution in [2.75, 3.05) is 50.0 Å². The van der Waals surface area contributed by atoms with Crippen molar-refractivity contribution in [3.63, 3.8) is 0 Å². The standard InChI is InChI=1S/C23H30FN3O7S2/c1-3-21(27(35(2,29)30)22-7-5-4-6-20(22)24)23(28)25-12-15-34-18-8-10-19(11-9-18)36(31,32)26-13-16-33-17-14-26/h4-11,21H,3,12-17H2,1-2H3,(H,25,28)/t21-/m1/s1. The summed E-state index contributed by atoms with van der Waals surface area (Å²) in [6.07, 6.45) is 1.04. The van der Waals surface area contributed by atoms with Crippen LogP contribution in [0.3, 0.4) is 0 Å². The number of hydrogen-bond acceptors (Lipinski definition) is 7. The molecule has 1 heterocycles. The zero-order chi connectivity index (χ0) is 26.3. The maximum Gasteiger partial charge on any atom is 0.244 e. The molecule has 1 saturated heterocycles. The molecule has 198 valence electrons. The van der Waals surface area contributed by atoms with Gasteiger partial charge in [-0.1, -0.05) is 19.1 Å². The van der Waals surface area contributed by atoms with Crippen LogP contribution in [-0.2, 0) is 29.6 Å². The number of benzene rings is 2. The van der Waals surface area contributed by atoms with Gasteiger partial charge in [0, 0.05) is 13.1 Å². The number of para-hydroxylation sites is 1. The van der Waals surface area contributed by atoms with Gasteiger partial charge in [-0.25, -0.2) is 21.2 Å². The van der Waals surface area contributed by atoms with E-state index >= 15 is 0 Å². The van der Waals surface area contributed by atoms with Crippen molar-refractivity contribution in [3.8, 4) is 5.75 Å². The molecule has 1 aliphatic rings. The Bertz CT molecular complexity index is 1250. The lowest BCUT2D eigenvalue weighted by Crippen LogP contribution is -2.50. The van der Waals surface area contributed by atoms with Crippen LogP contribution in [0.15, 0.2) is 53.4 Å². The summed E-state index contributed by atoms with van der Waals surface area (Å²) in [6.45, 7) is 3.04. The largest absolute Gasteiger partial charge is 0.492 e. The van der Waals surface area contributed by atoms with E-state index in [-0.39, 0.29) is 30.2 Å². The molecule has 1 amide bonds. The molecule has 1 fully saturated rings. The summed E-state index contributed by atoms with van der Waals surface area (Å²) in [6, 6.07) is 10.1. The van der Waals surface area contributed by atoms with Gasteiger partial charge in [0.25, 0.3) is 0 Å². The molecule has 1 atom stereocenters. The SMILES string of the molecule is CC[C@H](C(=O)NCCOc1ccc(S(=O)(=O)N2CCOCC2)cc1)N(c1ccccc1F)S(C)(=O)=O. The van der Waals surface area contributed by atoms with Crippen LogP contribution in [-0.4, -0.2) is 78.8 Å². The molecule has 0 unspecified atom stereocenters. The predicted octanol–water partition coefficient (Wildman–Crippen LogP) is 1.59. The lowest BCUT2D eigenvalue weighted by molar-refractivity contribution is -0.122. The molecule has 1 N–H and O–H groups in total. The zero-order valence-electron chi connectivity index (χ0n) is 20.1. The number of amides is 1. The molecule has 2 aromatic rings. The maximum absolute atomic E-state index is 14.3. The van der Waals surface area contributed by atoms with E-state index in [4.69, 9.17) is 9.47 Å². The molecule has 13 heteroatoms. The normalized spacial score (nSPS) is 15.8. The summed E-state index contributed by atoms with van der Waals surface area (Å²) in [4.78, 5) is 12.9. The van der Waals surface area contributed by atoms with Gasteiger partial charge < -0.3 is 14.8 Å². The van der Waals surface area contributed by atoms with Gasteiger partial charge in [0.2, 0.25) is 26.0 Å². The molecule has 0 saturated carbocycles. The van der Waals surface area contributed by atoms with E-state index in [0.717, 1.165) is 16.6 Å². The second-order valence-electron chi connectivity index (χ2n) is 8.06. The second kappa shape index (κ2) is 12.0. The first-order valence-corrected chi connectivity index (χ1v) is 14.7. The lowest BCUT2D eigenvalue weighted by Gasteiger charge is -2.30. The highest BCUT2D eigenvalue weighted by Crippen LogP contribution is 2.25. The van der Waals surface area contributed by atoms with Crippen molar-refractivity contribution in [2.24, 2.45) is 0 Å². The van der Waals surface area contributed by atoms with Crippen molar-refractivity contribution in [2.45, 2.75) is 24.3 Å². The fraction of sp³-hybridized carbons (Fsp3) is 0.435. The summed E-state index contributed by atoms with van der Waals surface area (Å²) in [7, 11) is -7.57. The number of anilines is 1. The van der Waals surface area contributed by atoms with Crippen molar-refractivity contribution in [3.05, 3.63) is 54.3 Å². The molecular weight excluding hydrogens is 513 g/mol. The Balaban J connectivity index is 1.58. The highest BCUT2D eigenvalue weighted by atomic mass is 32.2. The van der Waals surface area contributed by atoms with E-state index < -0.39 is 37.8 Å². The Labute approximate surface area is 211 Å². The number of nitrogens with zero attached hydrogens (tertiary/aromatic N) is 2. The van der Waals surface area contributed by atoms with Crippen molar-refractivity contribution in [1.82, 2.24) is 9.62 Å². The summed E-state index contributed by atoms with van der Waals surface area (Å²) >= 11 is 0. The average Bonchev–Trinajstić information content (AvgIpc) is 2.85. The first-order chi connectivity index (χ1) is 17.1. The van der Waals surface area contributed by atoms with E-state index in [1.165, 1.54) is 46.8 Å². The van der Waals surface area contributed by atoms with Crippen LogP contribution in [0.4, 0.5) is 10.1 Å². The molecule has 3 rings (SSSR count). The van der Waals surface area contributed by atoms with Crippen molar-refractivity contribution >= 4 is 31.6 Å². The molecule has 36 heavy (non-hydrogen) atoms. The molecule has 0 spiro atoms. The van der Waals surface area contributed by atoms with Crippen LogP contribution in [0.25, 0.3) is 0 Å². The topological polar surface area (TPSA) is 122 Å². The summed E-state index contributed by atoms with van der Waals surface area (Å²) in [5.41, 5.74) is -0.203. The molecule has 0 aliphatic carbocycles. The second-order valence-corrected chi connectivity index (χ2v) is 11.9. The Morgan fingerprint density at radius 2 is 1.75 bits per heavy atom. The van der Waals surface area contributed by atoms with Gasteiger partial charge in [-0.05, 0) is 42.8 Å². The highest BCUT2D eigenvalue weighted by Gasteiger charge is 2.33. The summed E-state index contributed by atoms with van der Waals surface area (Å²) in [5.74, 6) is -0.945. The molecule has 10 nitrogen and oxygen atoms in total. The first kappa shape index (κ1) is 27.8. The molecule has 0 bridgehead atoms. The monoisotopic (exact) mass is 543 g/mol. The summed E-state index contributed by atoms with van der Waals surface area (Å²) < 4.78 is 77.4. The number of morpholine rings is 1. The van der Waals surface area contributed by atoms with Crippen molar-refractivity contribution < 1.29 is 35.5 Å². The maximum atomic E-state index is 14.3. The Hall–Kier alpha value is -2.74. The number of nitrogens with one attached hydrogen (secondary N) is 1. The third kappa shape index (κ3) is 6.72. The number of carbonyl (C=O) groups is 1. The number of ether oxygens (including phenoxy) is 2. The highest BCUT2D eigenvalue weighted by molar-refractivity contribution is 7.92. The number of hydrogen-bond donors (Lipinski definition) is 1. The zero-order valence-corrected chi connectivity index (χ0v) is 21.7. The molecule has 1 aliphatic heterocycles. The van der Waals surface area contributed by atoms with Crippen LogP contribution >= 0.6 is 0 Å². The number of rotatable bonds is 11. The minimum absolute atomic E-state index is 0.0519. The lowest BCUT2D eigenvalue weighted by atomic mass is 10.2. The molecule has 0 aromatic heterocycles. The van der Waals surface area contributed by atoms with Crippen LogP contribution in [0.2, 0.25) is 0 Å². The van der Waals surface area contributed by atoms with E-state index in [1.807, 2.05) is 0 Å². The average molecular weight is 544 g/mol. The number of carbonyl (C=O) groups excluding carboxylic acids is 1. The van der Waals surface area contributed by atoms with E-state index in [2.05, 4.69) is 5.32 Å². The van der Waals surface area contributed by atoms with Gasteiger partial charge in [-0.2, -0.15) is 4.31 Å². The smallest absolute Gasteiger partial charge is 0.244 e. The molecule has 2 aromatic carbocycles. The van der Waals surface area contributed by atoms with Gasteiger partial charge in [0.1, 0.15) is 24.2 Å². The minimum atomic E-state index is -3.95. The van der Waals surface area contributed by atoms with Crippen LogP contribution in [0, 0.1) is 5.82 Å². The third-order valence-electron chi connectivity index (χ3n) is 5.52. The quantitative estimate of drug-likeness (QED) is 0.427. The molecular formula is C23H30FN3O7S2. The number of halogens is 1. The Morgan fingerprint density at radius 1 is 1.11 bits per heavy atom. The number of sulfonamides is 2. The fourth-order valence-electron chi connectivity index (χ4n) is 3.77. The fourth-order valence-corrected chi connectivity index (χ4v) is 6.39. The minimum Gasteiger partial charge on any atom is -0.492 e. The van der Waals surface area contributed by atoms with Gasteiger partial charge in [0.15, 0.2) is 0 Å². The van der Waals surface area contributed by atoms with Crippen molar-refractivity contribution in [1.29, 1.82) is 0 Å². The van der Waals surface area contributed by atoms with E-state index in [0.29, 0.717) is 32.1 Å². The van der Waals surface area contributed by atoms with Gasteiger partial charge in [-0.15, -0.1) is 0 Å². The van der Waals surface area contributed by atoms with Crippen LogP contribution < -0.4 is 14.4 Å². The van der Waals surface area contributed by atoms with Gasteiger partial charge in [-0.3, -0.25) is 9.10 Å². The van der Waals surface area contributed by atoms with Crippen LogP contribution in [0.1, 0.15) is 13.3 Å². The van der Waals surface area contributed by atoms with E-state index in [1.54, 1.807) is 6.92 Å². The first-order valence-electron chi connectivity index (χ1n) is 11.4. The van der Waals surface area contributed by atoms with Gasteiger partial charge >= 0.3 is 0 Å². The third-order valence-corrected chi connectivity index (χ3v) is 8.60. The predicted molar refractivity (Wildman–Crippen MR) is 132 cm³/mol.